The first-order chi connectivity index (χ1) is 13.0. The monoisotopic (exact) mass is 375 g/mol. The standard InChI is InChI=1S/C21H33N3O3/c1-4-11-22-21(26)15-24-12-8-18(9-13-24)23-20(25)10-14-27-19-7-5-6-16(2)17(19)3/h5-7,18H,4,8-15H2,1-3H3,(H,22,26)(H,23,25). The van der Waals surface area contributed by atoms with E-state index in [0.29, 0.717) is 19.6 Å². The van der Waals surface area contributed by atoms with Crippen LogP contribution in [0, 0.1) is 13.8 Å². The van der Waals surface area contributed by atoms with Gasteiger partial charge in [-0.2, -0.15) is 0 Å². The SMILES string of the molecule is CCCNC(=O)CN1CCC(NC(=O)CCOc2cccc(C)c2C)CC1. The summed E-state index contributed by atoms with van der Waals surface area (Å²) < 4.78 is 5.76. The van der Waals surface area contributed by atoms with Crippen LogP contribution in [-0.2, 0) is 9.59 Å². The van der Waals surface area contributed by atoms with Crippen molar-refractivity contribution in [3.63, 3.8) is 0 Å². The first kappa shape index (κ1) is 21.2. The number of amides is 2. The molecule has 1 aromatic rings. The summed E-state index contributed by atoms with van der Waals surface area (Å²) in [7, 11) is 0. The van der Waals surface area contributed by atoms with Gasteiger partial charge in [0.25, 0.3) is 0 Å². The number of piperidine rings is 1. The highest BCUT2D eigenvalue weighted by atomic mass is 16.5. The molecule has 2 rings (SSSR count). The van der Waals surface area contributed by atoms with E-state index in [1.165, 1.54) is 5.56 Å². The average molecular weight is 376 g/mol. The Hall–Kier alpha value is -2.08. The lowest BCUT2D eigenvalue weighted by Crippen LogP contribution is -2.47. The van der Waals surface area contributed by atoms with Crippen LogP contribution in [0.25, 0.3) is 0 Å². The predicted octanol–water partition coefficient (Wildman–Crippen LogP) is 2.18. The minimum Gasteiger partial charge on any atom is -0.493 e. The fourth-order valence-electron chi connectivity index (χ4n) is 3.19. The molecule has 0 saturated carbocycles. The van der Waals surface area contributed by atoms with E-state index in [1.54, 1.807) is 0 Å². The molecular weight excluding hydrogens is 342 g/mol. The van der Waals surface area contributed by atoms with E-state index in [0.717, 1.165) is 50.2 Å². The molecule has 0 aromatic heterocycles. The zero-order valence-corrected chi connectivity index (χ0v) is 16.8. The van der Waals surface area contributed by atoms with E-state index in [-0.39, 0.29) is 17.9 Å². The van der Waals surface area contributed by atoms with Crippen molar-refractivity contribution in [1.82, 2.24) is 15.5 Å². The Kier molecular flexibility index (Phi) is 8.58. The molecule has 0 atom stereocenters. The maximum absolute atomic E-state index is 12.2. The number of hydrogen-bond donors (Lipinski definition) is 2. The minimum absolute atomic E-state index is 0.0273. The van der Waals surface area contributed by atoms with Crippen molar-refractivity contribution in [2.75, 3.05) is 32.8 Å². The molecule has 2 amide bonds. The number of nitrogens with zero attached hydrogens (tertiary/aromatic N) is 1. The van der Waals surface area contributed by atoms with Gasteiger partial charge in [-0.25, -0.2) is 0 Å². The van der Waals surface area contributed by atoms with Gasteiger partial charge in [0, 0.05) is 25.7 Å². The third-order valence-corrected chi connectivity index (χ3v) is 5.03. The molecule has 150 valence electrons. The van der Waals surface area contributed by atoms with Gasteiger partial charge in [-0.15, -0.1) is 0 Å². The molecular formula is C21H33N3O3. The Morgan fingerprint density at radius 3 is 2.63 bits per heavy atom. The number of carbonyl (C=O) groups excluding carboxylic acids is 2. The summed E-state index contributed by atoms with van der Waals surface area (Å²) in [4.78, 5) is 26.1. The fraction of sp³-hybridized carbons (Fsp3) is 0.619. The van der Waals surface area contributed by atoms with Crippen molar-refractivity contribution in [2.24, 2.45) is 0 Å². The van der Waals surface area contributed by atoms with Gasteiger partial charge in [0.2, 0.25) is 11.8 Å². The van der Waals surface area contributed by atoms with Gasteiger partial charge in [-0.05, 0) is 50.3 Å². The Morgan fingerprint density at radius 1 is 1.19 bits per heavy atom. The number of rotatable bonds is 9. The lowest BCUT2D eigenvalue weighted by molar-refractivity contribution is -0.124. The van der Waals surface area contributed by atoms with Crippen LogP contribution in [0.4, 0.5) is 0 Å². The van der Waals surface area contributed by atoms with Crippen LogP contribution >= 0.6 is 0 Å². The second-order valence-corrected chi connectivity index (χ2v) is 7.26. The summed E-state index contributed by atoms with van der Waals surface area (Å²) >= 11 is 0. The number of benzene rings is 1. The largest absolute Gasteiger partial charge is 0.493 e. The minimum atomic E-state index is 0.0273. The smallest absolute Gasteiger partial charge is 0.234 e. The van der Waals surface area contributed by atoms with E-state index >= 15 is 0 Å². The van der Waals surface area contributed by atoms with Gasteiger partial charge in [0.1, 0.15) is 5.75 Å². The average Bonchev–Trinajstić information content (AvgIpc) is 2.65. The molecule has 6 nitrogen and oxygen atoms in total. The molecule has 0 unspecified atom stereocenters. The van der Waals surface area contributed by atoms with Gasteiger partial charge in [-0.3, -0.25) is 14.5 Å². The second-order valence-electron chi connectivity index (χ2n) is 7.26. The van der Waals surface area contributed by atoms with Crippen molar-refractivity contribution in [3.8, 4) is 5.75 Å². The fourth-order valence-corrected chi connectivity index (χ4v) is 3.19. The van der Waals surface area contributed by atoms with E-state index in [4.69, 9.17) is 4.74 Å². The molecule has 0 radical (unpaired) electrons. The van der Waals surface area contributed by atoms with Gasteiger partial charge in [-0.1, -0.05) is 19.1 Å². The Bertz CT molecular complexity index is 625. The molecule has 1 heterocycles. The van der Waals surface area contributed by atoms with E-state index in [9.17, 15) is 9.59 Å². The van der Waals surface area contributed by atoms with E-state index in [1.807, 2.05) is 26.0 Å². The number of carbonyl (C=O) groups is 2. The van der Waals surface area contributed by atoms with Gasteiger partial charge < -0.3 is 15.4 Å². The lowest BCUT2D eigenvalue weighted by atomic mass is 10.0. The summed E-state index contributed by atoms with van der Waals surface area (Å²) in [6.45, 7) is 9.36. The zero-order chi connectivity index (χ0) is 19.6. The molecule has 27 heavy (non-hydrogen) atoms. The van der Waals surface area contributed by atoms with E-state index in [2.05, 4.69) is 28.5 Å². The van der Waals surface area contributed by atoms with Gasteiger partial charge >= 0.3 is 0 Å². The number of hydrogen-bond acceptors (Lipinski definition) is 4. The van der Waals surface area contributed by atoms with Crippen LogP contribution in [0.15, 0.2) is 18.2 Å². The first-order valence-electron chi connectivity index (χ1n) is 9.97. The van der Waals surface area contributed by atoms with Crippen LogP contribution in [0.2, 0.25) is 0 Å². The molecule has 2 N–H and O–H groups in total. The number of nitrogens with one attached hydrogen (secondary N) is 2. The normalized spacial score (nSPS) is 15.4. The third kappa shape index (κ3) is 7.21. The van der Waals surface area contributed by atoms with Crippen LogP contribution in [0.5, 0.6) is 5.75 Å². The summed E-state index contributed by atoms with van der Waals surface area (Å²) in [5.74, 6) is 0.958. The van der Waals surface area contributed by atoms with Crippen LogP contribution in [0.1, 0.15) is 43.7 Å². The van der Waals surface area contributed by atoms with Crippen LogP contribution < -0.4 is 15.4 Å². The van der Waals surface area contributed by atoms with Gasteiger partial charge in [0.15, 0.2) is 0 Å². The second kappa shape index (κ2) is 10.9. The van der Waals surface area contributed by atoms with Crippen LogP contribution in [0.3, 0.4) is 0 Å². The molecule has 1 saturated heterocycles. The predicted molar refractivity (Wildman–Crippen MR) is 107 cm³/mol. The maximum atomic E-state index is 12.2. The topological polar surface area (TPSA) is 70.7 Å². The summed E-state index contributed by atoms with van der Waals surface area (Å²) in [5, 5.41) is 6.00. The molecule has 0 aliphatic carbocycles. The van der Waals surface area contributed by atoms with Gasteiger partial charge in [0.05, 0.1) is 19.6 Å². The molecule has 1 aromatic carbocycles. The third-order valence-electron chi connectivity index (χ3n) is 5.03. The number of likely N-dealkylation sites (tertiary alicyclic amines) is 1. The Balaban J connectivity index is 1.63. The molecule has 0 bridgehead atoms. The van der Waals surface area contributed by atoms with Crippen LogP contribution in [-0.4, -0.2) is 55.5 Å². The highest BCUT2D eigenvalue weighted by molar-refractivity contribution is 5.78. The summed E-state index contributed by atoms with van der Waals surface area (Å²) in [5.41, 5.74) is 2.31. The molecule has 1 aliphatic rings. The highest BCUT2D eigenvalue weighted by Crippen LogP contribution is 2.20. The lowest BCUT2D eigenvalue weighted by Gasteiger charge is -2.31. The number of ether oxygens (including phenoxy) is 1. The number of aryl methyl sites for hydroxylation is 1. The highest BCUT2D eigenvalue weighted by Gasteiger charge is 2.21. The molecule has 6 heteroatoms. The van der Waals surface area contributed by atoms with Crippen molar-refractivity contribution in [1.29, 1.82) is 0 Å². The van der Waals surface area contributed by atoms with Crippen molar-refractivity contribution >= 4 is 11.8 Å². The van der Waals surface area contributed by atoms with Crippen molar-refractivity contribution in [2.45, 2.75) is 52.5 Å². The first-order valence-corrected chi connectivity index (χ1v) is 9.97. The zero-order valence-electron chi connectivity index (χ0n) is 16.8. The quantitative estimate of drug-likeness (QED) is 0.694. The Labute approximate surface area is 162 Å². The Morgan fingerprint density at radius 2 is 1.93 bits per heavy atom. The summed E-state index contributed by atoms with van der Waals surface area (Å²) in [6.07, 6.45) is 3.06. The summed E-state index contributed by atoms with van der Waals surface area (Å²) in [6, 6.07) is 6.14. The molecule has 1 fully saturated rings. The molecule has 1 aliphatic heterocycles. The molecule has 0 spiro atoms. The van der Waals surface area contributed by atoms with Crippen molar-refractivity contribution < 1.29 is 14.3 Å². The van der Waals surface area contributed by atoms with Crippen molar-refractivity contribution in [3.05, 3.63) is 29.3 Å². The van der Waals surface area contributed by atoms with E-state index < -0.39 is 0 Å². The maximum Gasteiger partial charge on any atom is 0.234 e.